The second-order valence-corrected chi connectivity index (χ2v) is 2.86. The van der Waals surface area contributed by atoms with E-state index in [0.29, 0.717) is 0 Å². The maximum atomic E-state index is 9.29. The second kappa shape index (κ2) is 3.63. The molecule has 0 radical (unpaired) electrons. The molecule has 1 atom stereocenters. The Labute approximate surface area is 72.5 Å². The van der Waals surface area contributed by atoms with Crippen molar-refractivity contribution in [3.63, 3.8) is 0 Å². The summed E-state index contributed by atoms with van der Waals surface area (Å²) in [6.45, 7) is 5.62. The lowest BCUT2D eigenvalue weighted by Gasteiger charge is -2.07. The normalized spacial score (nSPS) is 13.0. The lowest BCUT2D eigenvalue weighted by atomic mass is 10.1. The molecule has 1 heterocycles. The number of hydrogen-bond donors (Lipinski definition) is 1. The Morgan fingerprint density at radius 3 is 2.67 bits per heavy atom. The molecule has 0 aromatic carbocycles. The molecular formula is C9H14N2O. The zero-order chi connectivity index (χ0) is 9.14. The first-order valence-electron chi connectivity index (χ1n) is 4.15. The minimum absolute atomic E-state index is 0.476. The summed E-state index contributed by atoms with van der Waals surface area (Å²) in [4.78, 5) is 8.35. The van der Waals surface area contributed by atoms with Crippen molar-refractivity contribution in [1.29, 1.82) is 0 Å². The zero-order valence-corrected chi connectivity index (χ0v) is 7.70. The minimum atomic E-state index is -0.476. The molecular weight excluding hydrogens is 152 g/mol. The van der Waals surface area contributed by atoms with Crippen LogP contribution in [0, 0.1) is 6.92 Å². The van der Waals surface area contributed by atoms with Crippen LogP contribution in [0.2, 0.25) is 0 Å². The van der Waals surface area contributed by atoms with Gasteiger partial charge >= 0.3 is 0 Å². The number of aliphatic hydroxyl groups is 1. The first-order chi connectivity index (χ1) is 5.65. The van der Waals surface area contributed by atoms with E-state index in [2.05, 4.69) is 9.97 Å². The fourth-order valence-electron chi connectivity index (χ4n) is 1.10. The number of rotatable bonds is 2. The van der Waals surface area contributed by atoms with Gasteiger partial charge in [-0.25, -0.2) is 9.97 Å². The van der Waals surface area contributed by atoms with Crippen LogP contribution in [-0.4, -0.2) is 15.1 Å². The summed E-state index contributed by atoms with van der Waals surface area (Å²) < 4.78 is 0. The van der Waals surface area contributed by atoms with Crippen molar-refractivity contribution >= 4 is 0 Å². The second-order valence-electron chi connectivity index (χ2n) is 2.86. The Morgan fingerprint density at radius 2 is 2.25 bits per heavy atom. The van der Waals surface area contributed by atoms with Crippen molar-refractivity contribution in [3.05, 3.63) is 23.3 Å². The van der Waals surface area contributed by atoms with Gasteiger partial charge in [0.1, 0.15) is 5.82 Å². The van der Waals surface area contributed by atoms with Crippen LogP contribution in [0.3, 0.4) is 0 Å². The Kier molecular flexibility index (Phi) is 2.76. The van der Waals surface area contributed by atoms with E-state index in [4.69, 9.17) is 0 Å². The van der Waals surface area contributed by atoms with Crippen molar-refractivity contribution < 1.29 is 5.11 Å². The Balaban J connectivity index is 3.03. The van der Waals surface area contributed by atoms with Crippen LogP contribution in [0.4, 0.5) is 0 Å². The van der Waals surface area contributed by atoms with Crippen LogP contribution in [0.5, 0.6) is 0 Å². The summed E-state index contributed by atoms with van der Waals surface area (Å²) in [6, 6.07) is 0. The van der Waals surface area contributed by atoms with Gasteiger partial charge in [-0.2, -0.15) is 0 Å². The largest absolute Gasteiger partial charge is 0.389 e. The van der Waals surface area contributed by atoms with Crippen LogP contribution in [0.25, 0.3) is 0 Å². The first kappa shape index (κ1) is 9.13. The Bertz CT molecular complexity index is 271. The quantitative estimate of drug-likeness (QED) is 0.722. The predicted molar refractivity (Wildman–Crippen MR) is 46.8 cm³/mol. The average Bonchev–Trinajstić information content (AvgIpc) is 2.03. The molecule has 1 N–H and O–H groups in total. The zero-order valence-electron chi connectivity index (χ0n) is 7.70. The lowest BCUT2D eigenvalue weighted by molar-refractivity contribution is 0.197. The number of aryl methyl sites for hydroxylation is 2. The van der Waals surface area contributed by atoms with Gasteiger partial charge in [0, 0.05) is 23.9 Å². The fourth-order valence-corrected chi connectivity index (χ4v) is 1.10. The van der Waals surface area contributed by atoms with Gasteiger partial charge in [-0.05, 0) is 13.8 Å². The van der Waals surface area contributed by atoms with Crippen molar-refractivity contribution in [2.24, 2.45) is 0 Å². The van der Waals surface area contributed by atoms with Gasteiger partial charge in [0.15, 0.2) is 0 Å². The smallest absolute Gasteiger partial charge is 0.128 e. The van der Waals surface area contributed by atoms with E-state index in [1.54, 1.807) is 13.1 Å². The minimum Gasteiger partial charge on any atom is -0.389 e. The molecule has 66 valence electrons. The number of hydrogen-bond acceptors (Lipinski definition) is 3. The molecule has 0 saturated carbocycles. The SMILES string of the molecule is CCc1ncc(C(C)O)c(C)n1. The van der Waals surface area contributed by atoms with Gasteiger partial charge in [-0.15, -0.1) is 0 Å². The molecule has 1 unspecified atom stereocenters. The van der Waals surface area contributed by atoms with Gasteiger partial charge in [0.05, 0.1) is 6.10 Å². The van der Waals surface area contributed by atoms with Crippen LogP contribution < -0.4 is 0 Å². The van der Waals surface area contributed by atoms with E-state index in [0.717, 1.165) is 23.5 Å². The standard InChI is InChI=1S/C9H14N2O/c1-4-9-10-5-8(7(3)12)6(2)11-9/h5,7,12H,4H2,1-3H3. The lowest BCUT2D eigenvalue weighted by Crippen LogP contribution is -2.02. The highest BCUT2D eigenvalue weighted by Gasteiger charge is 2.06. The van der Waals surface area contributed by atoms with E-state index < -0.39 is 6.10 Å². The summed E-state index contributed by atoms with van der Waals surface area (Å²) in [5.74, 6) is 0.830. The maximum absolute atomic E-state index is 9.29. The van der Waals surface area contributed by atoms with Gasteiger partial charge in [-0.3, -0.25) is 0 Å². The summed E-state index contributed by atoms with van der Waals surface area (Å²) in [5, 5.41) is 9.29. The van der Waals surface area contributed by atoms with Crippen molar-refractivity contribution in [2.75, 3.05) is 0 Å². The molecule has 1 aromatic heterocycles. The van der Waals surface area contributed by atoms with Gasteiger partial charge in [0.2, 0.25) is 0 Å². The van der Waals surface area contributed by atoms with Crippen LogP contribution >= 0.6 is 0 Å². The summed E-state index contributed by atoms with van der Waals surface area (Å²) in [7, 11) is 0. The first-order valence-corrected chi connectivity index (χ1v) is 4.15. The summed E-state index contributed by atoms with van der Waals surface area (Å²) in [6.07, 6.45) is 2.06. The van der Waals surface area contributed by atoms with E-state index in [9.17, 15) is 5.11 Å². The van der Waals surface area contributed by atoms with E-state index in [1.807, 2.05) is 13.8 Å². The van der Waals surface area contributed by atoms with Crippen molar-refractivity contribution in [1.82, 2.24) is 9.97 Å². The molecule has 0 aliphatic rings. The van der Waals surface area contributed by atoms with Crippen LogP contribution in [-0.2, 0) is 6.42 Å². The number of aromatic nitrogens is 2. The molecule has 0 saturated heterocycles. The molecule has 0 amide bonds. The predicted octanol–water partition coefficient (Wildman–Crippen LogP) is 1.40. The third-order valence-electron chi connectivity index (χ3n) is 1.83. The van der Waals surface area contributed by atoms with E-state index in [1.165, 1.54) is 0 Å². The molecule has 3 heteroatoms. The van der Waals surface area contributed by atoms with E-state index >= 15 is 0 Å². The Morgan fingerprint density at radius 1 is 1.58 bits per heavy atom. The molecule has 0 spiro atoms. The van der Waals surface area contributed by atoms with Gasteiger partial charge in [0.25, 0.3) is 0 Å². The third kappa shape index (κ3) is 1.80. The molecule has 0 aliphatic carbocycles. The molecule has 12 heavy (non-hydrogen) atoms. The topological polar surface area (TPSA) is 46.0 Å². The van der Waals surface area contributed by atoms with Crippen LogP contribution in [0.15, 0.2) is 6.20 Å². The summed E-state index contributed by atoms with van der Waals surface area (Å²) >= 11 is 0. The molecule has 0 bridgehead atoms. The van der Waals surface area contributed by atoms with Crippen molar-refractivity contribution in [3.8, 4) is 0 Å². The number of aliphatic hydroxyl groups excluding tert-OH is 1. The van der Waals surface area contributed by atoms with Gasteiger partial charge in [-0.1, -0.05) is 6.92 Å². The summed E-state index contributed by atoms with van der Waals surface area (Å²) in [5.41, 5.74) is 1.68. The molecule has 3 nitrogen and oxygen atoms in total. The molecule has 1 rings (SSSR count). The van der Waals surface area contributed by atoms with Gasteiger partial charge < -0.3 is 5.11 Å². The molecule has 0 fully saturated rings. The maximum Gasteiger partial charge on any atom is 0.128 e. The monoisotopic (exact) mass is 166 g/mol. The van der Waals surface area contributed by atoms with E-state index in [-0.39, 0.29) is 0 Å². The van der Waals surface area contributed by atoms with Crippen LogP contribution in [0.1, 0.15) is 37.0 Å². The number of nitrogens with zero attached hydrogens (tertiary/aromatic N) is 2. The van der Waals surface area contributed by atoms with Crippen molar-refractivity contribution in [2.45, 2.75) is 33.3 Å². The average molecular weight is 166 g/mol. The molecule has 0 aliphatic heterocycles. The highest BCUT2D eigenvalue weighted by Crippen LogP contribution is 2.13. The highest BCUT2D eigenvalue weighted by atomic mass is 16.3. The third-order valence-corrected chi connectivity index (χ3v) is 1.83. The molecule has 1 aromatic rings. The highest BCUT2D eigenvalue weighted by molar-refractivity contribution is 5.18. The fraction of sp³-hybridized carbons (Fsp3) is 0.556. The Hall–Kier alpha value is -0.960.